The minimum absolute atomic E-state index is 0.157. The first kappa shape index (κ1) is 13.8. The van der Waals surface area contributed by atoms with E-state index in [-0.39, 0.29) is 5.92 Å². The van der Waals surface area contributed by atoms with Crippen molar-refractivity contribution in [1.29, 1.82) is 0 Å². The van der Waals surface area contributed by atoms with Gasteiger partial charge in [0.15, 0.2) is 0 Å². The molecule has 0 fully saturated rings. The normalized spacial score (nSPS) is 15.6. The Hall–Kier alpha value is -2.80. The van der Waals surface area contributed by atoms with Crippen molar-refractivity contribution >= 4 is 0 Å². The maximum Gasteiger partial charge on any atom is 0.120 e. The van der Waals surface area contributed by atoms with Gasteiger partial charge in [-0.1, -0.05) is 60.7 Å². The second-order valence-electron chi connectivity index (χ2n) is 6.03. The number of hydrogen-bond acceptors (Lipinski definition) is 1. The van der Waals surface area contributed by atoms with Crippen LogP contribution in [0.1, 0.15) is 17.0 Å². The van der Waals surface area contributed by atoms with E-state index in [1.165, 1.54) is 11.1 Å². The summed E-state index contributed by atoms with van der Waals surface area (Å²) in [6.07, 6.45) is 2.83. The Bertz CT molecular complexity index is 878. The van der Waals surface area contributed by atoms with Gasteiger partial charge in [-0.15, -0.1) is 6.58 Å². The molecule has 1 heteroatoms. The lowest BCUT2D eigenvalue weighted by molar-refractivity contribution is 0.465. The standard InChI is InChI=1S/C22H18O/c1-2-15-12-17-10-6-7-11-19(17)20-13-18(14-21(23)22(15)20)16-8-4-3-5-9-16/h2-11,13-15,23H,1,12H2/t15-/m1/s1. The summed E-state index contributed by atoms with van der Waals surface area (Å²) in [5.74, 6) is 0.519. The summed E-state index contributed by atoms with van der Waals surface area (Å²) < 4.78 is 0. The quantitative estimate of drug-likeness (QED) is 0.615. The average Bonchev–Trinajstić information content (AvgIpc) is 2.61. The van der Waals surface area contributed by atoms with Crippen molar-refractivity contribution in [2.75, 3.05) is 0 Å². The molecule has 0 amide bonds. The van der Waals surface area contributed by atoms with Crippen molar-refractivity contribution in [3.05, 3.63) is 90.5 Å². The van der Waals surface area contributed by atoms with Gasteiger partial charge in [0, 0.05) is 11.5 Å². The fourth-order valence-corrected chi connectivity index (χ4v) is 3.55. The molecule has 0 heterocycles. The summed E-state index contributed by atoms with van der Waals surface area (Å²) in [6, 6.07) is 22.7. The van der Waals surface area contributed by atoms with Gasteiger partial charge < -0.3 is 5.11 Å². The summed E-state index contributed by atoms with van der Waals surface area (Å²) in [4.78, 5) is 0. The van der Waals surface area contributed by atoms with E-state index in [0.29, 0.717) is 5.75 Å². The van der Waals surface area contributed by atoms with Crippen LogP contribution >= 0.6 is 0 Å². The van der Waals surface area contributed by atoms with Crippen LogP contribution in [0, 0.1) is 0 Å². The third-order valence-electron chi connectivity index (χ3n) is 4.67. The van der Waals surface area contributed by atoms with Crippen LogP contribution in [0.25, 0.3) is 22.3 Å². The zero-order valence-corrected chi connectivity index (χ0v) is 12.9. The lowest BCUT2D eigenvalue weighted by atomic mass is 9.77. The lowest BCUT2D eigenvalue weighted by Gasteiger charge is -2.27. The zero-order valence-electron chi connectivity index (χ0n) is 12.9. The SMILES string of the molecule is C=C[C@@H]1Cc2ccccc2-c2cc(-c3ccccc3)cc(O)c21. The number of allylic oxidation sites excluding steroid dienone is 1. The molecule has 0 unspecified atom stereocenters. The number of benzene rings is 3. The monoisotopic (exact) mass is 298 g/mol. The molecule has 0 aliphatic heterocycles. The van der Waals surface area contributed by atoms with E-state index in [1.54, 1.807) is 0 Å². The number of hydrogen-bond donors (Lipinski definition) is 1. The van der Waals surface area contributed by atoms with E-state index in [1.807, 2.05) is 30.3 Å². The molecule has 1 aliphatic rings. The Morgan fingerprint density at radius 2 is 1.61 bits per heavy atom. The molecule has 1 N–H and O–H groups in total. The molecule has 1 atom stereocenters. The summed E-state index contributed by atoms with van der Waals surface area (Å²) >= 11 is 0. The largest absolute Gasteiger partial charge is 0.508 e. The van der Waals surface area contributed by atoms with Gasteiger partial charge in [0.2, 0.25) is 0 Å². The predicted octanol–water partition coefficient (Wildman–Crippen LogP) is 5.55. The maximum absolute atomic E-state index is 10.7. The Balaban J connectivity index is 1.99. The van der Waals surface area contributed by atoms with Gasteiger partial charge in [-0.05, 0) is 46.4 Å². The Labute approximate surface area is 136 Å². The van der Waals surface area contributed by atoms with E-state index < -0.39 is 0 Å². The van der Waals surface area contributed by atoms with Crippen molar-refractivity contribution in [3.63, 3.8) is 0 Å². The van der Waals surface area contributed by atoms with E-state index in [9.17, 15) is 5.11 Å². The highest BCUT2D eigenvalue weighted by Gasteiger charge is 2.26. The first-order valence-electron chi connectivity index (χ1n) is 7.91. The molecule has 0 saturated heterocycles. The van der Waals surface area contributed by atoms with E-state index in [2.05, 4.69) is 49.0 Å². The van der Waals surface area contributed by atoms with Gasteiger partial charge >= 0.3 is 0 Å². The zero-order chi connectivity index (χ0) is 15.8. The van der Waals surface area contributed by atoms with Crippen molar-refractivity contribution in [3.8, 4) is 28.0 Å². The summed E-state index contributed by atoms with van der Waals surface area (Å²) in [5, 5.41) is 10.7. The second kappa shape index (κ2) is 5.44. The second-order valence-corrected chi connectivity index (χ2v) is 6.03. The van der Waals surface area contributed by atoms with Gasteiger partial charge in [0.1, 0.15) is 5.75 Å². The molecule has 3 aromatic rings. The van der Waals surface area contributed by atoms with Crippen LogP contribution in [-0.4, -0.2) is 5.11 Å². The highest BCUT2D eigenvalue weighted by Crippen LogP contribution is 2.46. The molecule has 0 saturated carbocycles. The Morgan fingerprint density at radius 3 is 2.39 bits per heavy atom. The van der Waals surface area contributed by atoms with Gasteiger partial charge in [-0.2, -0.15) is 0 Å². The molecule has 0 spiro atoms. The smallest absolute Gasteiger partial charge is 0.120 e. The summed E-state index contributed by atoms with van der Waals surface area (Å²) in [6.45, 7) is 3.97. The Morgan fingerprint density at radius 1 is 0.870 bits per heavy atom. The molecule has 112 valence electrons. The maximum atomic E-state index is 10.7. The minimum atomic E-state index is 0.157. The molecule has 0 radical (unpaired) electrons. The summed E-state index contributed by atoms with van der Waals surface area (Å²) in [7, 11) is 0. The molecule has 3 aromatic carbocycles. The third-order valence-corrected chi connectivity index (χ3v) is 4.67. The van der Waals surface area contributed by atoms with Crippen molar-refractivity contribution in [1.82, 2.24) is 0 Å². The molecule has 0 aromatic heterocycles. The van der Waals surface area contributed by atoms with Crippen molar-refractivity contribution in [2.24, 2.45) is 0 Å². The van der Waals surface area contributed by atoms with Crippen LogP contribution in [-0.2, 0) is 6.42 Å². The molecular weight excluding hydrogens is 280 g/mol. The number of aromatic hydroxyl groups is 1. The molecule has 4 rings (SSSR count). The van der Waals surface area contributed by atoms with E-state index >= 15 is 0 Å². The third kappa shape index (κ3) is 2.25. The van der Waals surface area contributed by atoms with Crippen LogP contribution in [0.4, 0.5) is 0 Å². The van der Waals surface area contributed by atoms with Gasteiger partial charge in [-0.25, -0.2) is 0 Å². The van der Waals surface area contributed by atoms with Crippen LogP contribution < -0.4 is 0 Å². The van der Waals surface area contributed by atoms with Crippen LogP contribution in [0.3, 0.4) is 0 Å². The van der Waals surface area contributed by atoms with Crippen molar-refractivity contribution in [2.45, 2.75) is 12.3 Å². The molecule has 1 aliphatic carbocycles. The lowest BCUT2D eigenvalue weighted by Crippen LogP contribution is -2.09. The highest BCUT2D eigenvalue weighted by atomic mass is 16.3. The molecule has 1 nitrogen and oxygen atoms in total. The number of rotatable bonds is 2. The number of phenolic OH excluding ortho intramolecular Hbond substituents is 1. The first-order chi connectivity index (χ1) is 11.3. The van der Waals surface area contributed by atoms with Crippen molar-refractivity contribution < 1.29 is 5.11 Å². The van der Waals surface area contributed by atoms with Gasteiger partial charge in [0.25, 0.3) is 0 Å². The number of phenols is 1. The molecule has 0 bridgehead atoms. The van der Waals surface area contributed by atoms with E-state index in [4.69, 9.17) is 0 Å². The topological polar surface area (TPSA) is 20.2 Å². The van der Waals surface area contributed by atoms with Crippen LogP contribution in [0.15, 0.2) is 79.4 Å². The number of fused-ring (bicyclic) bond motifs is 3. The Kier molecular flexibility index (Phi) is 3.27. The van der Waals surface area contributed by atoms with Crippen LogP contribution in [0.2, 0.25) is 0 Å². The van der Waals surface area contributed by atoms with Crippen LogP contribution in [0.5, 0.6) is 5.75 Å². The van der Waals surface area contributed by atoms with Gasteiger partial charge in [-0.3, -0.25) is 0 Å². The first-order valence-corrected chi connectivity index (χ1v) is 7.91. The average molecular weight is 298 g/mol. The fraction of sp³-hybridized carbons (Fsp3) is 0.0909. The van der Waals surface area contributed by atoms with E-state index in [0.717, 1.165) is 28.7 Å². The molecule has 23 heavy (non-hydrogen) atoms. The predicted molar refractivity (Wildman–Crippen MR) is 95.6 cm³/mol. The highest BCUT2D eigenvalue weighted by molar-refractivity contribution is 5.82. The van der Waals surface area contributed by atoms with Gasteiger partial charge in [0.05, 0.1) is 0 Å². The minimum Gasteiger partial charge on any atom is -0.508 e. The summed E-state index contributed by atoms with van der Waals surface area (Å²) in [5.41, 5.74) is 6.81. The fourth-order valence-electron chi connectivity index (χ4n) is 3.55. The molecular formula is C22H18O.